The monoisotopic (exact) mass is 324 g/mol. The molecule has 0 bridgehead atoms. The average molecular weight is 324 g/mol. The molecule has 0 saturated carbocycles. The number of benzene rings is 1. The van der Waals surface area contributed by atoms with Crippen molar-refractivity contribution in [3.05, 3.63) is 42.5 Å². The molecule has 0 aromatic heterocycles. The van der Waals surface area contributed by atoms with Gasteiger partial charge in [-0.3, -0.25) is 9.59 Å². The second-order valence-corrected chi connectivity index (χ2v) is 6.82. The third-order valence-corrected chi connectivity index (χ3v) is 4.23. The number of hydrogen-bond acceptors (Lipinski definition) is 4. The van der Waals surface area contributed by atoms with Gasteiger partial charge in [-0.25, -0.2) is 8.42 Å². The van der Waals surface area contributed by atoms with Gasteiger partial charge in [0.2, 0.25) is 15.9 Å². The highest BCUT2D eigenvalue weighted by Gasteiger charge is 2.16. The smallest absolute Gasteiger partial charge is 0.225 e. The average Bonchev–Trinajstić information content (AvgIpc) is 2.42. The molecule has 1 rings (SSSR count). The van der Waals surface area contributed by atoms with Gasteiger partial charge in [0.05, 0.1) is 6.26 Å². The van der Waals surface area contributed by atoms with E-state index in [1.165, 1.54) is 17.3 Å². The van der Waals surface area contributed by atoms with E-state index in [0.717, 1.165) is 6.26 Å². The van der Waals surface area contributed by atoms with Crippen LogP contribution in [0.3, 0.4) is 0 Å². The van der Waals surface area contributed by atoms with Crippen LogP contribution >= 0.6 is 0 Å². The molecule has 120 valence electrons. The number of carbonyl (C=O) groups is 2. The summed E-state index contributed by atoms with van der Waals surface area (Å²) in [7, 11) is -3.37. The van der Waals surface area contributed by atoms with E-state index in [0.29, 0.717) is 11.3 Å². The number of rotatable bonds is 8. The Morgan fingerprint density at radius 1 is 1.27 bits per heavy atom. The molecule has 0 heterocycles. The molecular formula is C15H20N2O4S. The second-order valence-electron chi connectivity index (χ2n) is 4.84. The lowest BCUT2D eigenvalue weighted by molar-refractivity contribution is -0.116. The Morgan fingerprint density at radius 2 is 1.86 bits per heavy atom. The van der Waals surface area contributed by atoms with Gasteiger partial charge < -0.3 is 5.32 Å². The maximum atomic E-state index is 11.8. The third-order valence-electron chi connectivity index (χ3n) is 2.97. The summed E-state index contributed by atoms with van der Waals surface area (Å²) in [6.07, 6.45) is 2.60. The van der Waals surface area contributed by atoms with E-state index < -0.39 is 10.0 Å². The van der Waals surface area contributed by atoms with Crippen LogP contribution in [-0.2, 0) is 14.8 Å². The van der Waals surface area contributed by atoms with Gasteiger partial charge >= 0.3 is 0 Å². The molecular weight excluding hydrogens is 304 g/mol. The van der Waals surface area contributed by atoms with Crippen molar-refractivity contribution in [1.82, 2.24) is 4.31 Å². The van der Waals surface area contributed by atoms with E-state index in [1.54, 1.807) is 24.3 Å². The van der Waals surface area contributed by atoms with Crippen LogP contribution in [0.5, 0.6) is 0 Å². The SMILES string of the molecule is C=CCN(CCC(=O)Nc1ccc(C(C)=O)cc1)S(C)(=O)=O. The number of sulfonamides is 1. The molecule has 0 radical (unpaired) electrons. The summed E-state index contributed by atoms with van der Waals surface area (Å²) in [6.45, 7) is 5.21. The van der Waals surface area contributed by atoms with Gasteiger partial charge in [-0.1, -0.05) is 6.08 Å². The fraction of sp³-hybridized carbons (Fsp3) is 0.333. The quantitative estimate of drug-likeness (QED) is 0.582. The lowest BCUT2D eigenvalue weighted by Crippen LogP contribution is -2.33. The lowest BCUT2D eigenvalue weighted by atomic mass is 10.1. The number of nitrogens with zero attached hydrogens (tertiary/aromatic N) is 1. The largest absolute Gasteiger partial charge is 0.326 e. The normalized spacial score (nSPS) is 11.2. The first-order chi connectivity index (χ1) is 10.2. The van der Waals surface area contributed by atoms with Crippen LogP contribution in [0.4, 0.5) is 5.69 Å². The zero-order valence-electron chi connectivity index (χ0n) is 12.7. The standard InChI is InChI=1S/C15H20N2O4S/c1-4-10-17(22(3,20)21)11-9-15(19)16-14-7-5-13(6-8-14)12(2)18/h4-8H,1,9-11H2,2-3H3,(H,16,19). The van der Waals surface area contributed by atoms with Gasteiger partial charge in [0.15, 0.2) is 5.78 Å². The molecule has 22 heavy (non-hydrogen) atoms. The van der Waals surface area contributed by atoms with Crippen LogP contribution in [0.1, 0.15) is 23.7 Å². The van der Waals surface area contributed by atoms with Crippen molar-refractivity contribution in [3.8, 4) is 0 Å². The van der Waals surface area contributed by atoms with Crippen molar-refractivity contribution in [2.24, 2.45) is 0 Å². The van der Waals surface area contributed by atoms with E-state index in [1.807, 2.05) is 0 Å². The first-order valence-corrected chi connectivity index (χ1v) is 8.55. The summed E-state index contributed by atoms with van der Waals surface area (Å²) in [5, 5.41) is 2.66. The van der Waals surface area contributed by atoms with E-state index in [2.05, 4.69) is 11.9 Å². The van der Waals surface area contributed by atoms with Crippen molar-refractivity contribution in [3.63, 3.8) is 0 Å². The molecule has 1 aromatic carbocycles. The molecule has 0 aliphatic rings. The molecule has 0 aliphatic heterocycles. The second kappa shape index (κ2) is 7.86. The molecule has 1 N–H and O–H groups in total. The molecule has 1 aromatic rings. The highest BCUT2D eigenvalue weighted by molar-refractivity contribution is 7.88. The molecule has 1 amide bonds. The molecule has 0 spiro atoms. The van der Waals surface area contributed by atoms with Gasteiger partial charge in [0.1, 0.15) is 0 Å². The number of Topliss-reactive ketones (excluding diaryl/α,β-unsaturated/α-hetero) is 1. The molecule has 0 saturated heterocycles. The van der Waals surface area contributed by atoms with Crippen LogP contribution in [0.2, 0.25) is 0 Å². The van der Waals surface area contributed by atoms with Crippen molar-refractivity contribution >= 4 is 27.4 Å². The van der Waals surface area contributed by atoms with Crippen molar-refractivity contribution in [2.75, 3.05) is 24.7 Å². The first kappa shape index (κ1) is 18.1. The summed E-state index contributed by atoms with van der Waals surface area (Å²) in [4.78, 5) is 23.0. The van der Waals surface area contributed by atoms with Crippen LogP contribution in [-0.4, -0.2) is 43.8 Å². The zero-order valence-corrected chi connectivity index (χ0v) is 13.5. The number of amides is 1. The molecule has 0 aliphatic carbocycles. The zero-order chi connectivity index (χ0) is 16.8. The first-order valence-electron chi connectivity index (χ1n) is 6.71. The van der Waals surface area contributed by atoms with Crippen molar-refractivity contribution in [1.29, 1.82) is 0 Å². The summed E-state index contributed by atoms with van der Waals surface area (Å²) in [5.41, 5.74) is 1.12. The van der Waals surface area contributed by atoms with Gasteiger partial charge in [0, 0.05) is 30.8 Å². The van der Waals surface area contributed by atoms with E-state index in [4.69, 9.17) is 0 Å². The fourth-order valence-electron chi connectivity index (χ4n) is 1.77. The summed E-state index contributed by atoms with van der Waals surface area (Å²) in [5.74, 6) is -0.348. The number of carbonyl (C=O) groups excluding carboxylic acids is 2. The Balaban J connectivity index is 2.58. The maximum Gasteiger partial charge on any atom is 0.225 e. The number of ketones is 1. The van der Waals surface area contributed by atoms with Crippen molar-refractivity contribution in [2.45, 2.75) is 13.3 Å². The van der Waals surface area contributed by atoms with Crippen LogP contribution in [0.25, 0.3) is 0 Å². The van der Waals surface area contributed by atoms with Crippen LogP contribution < -0.4 is 5.32 Å². The number of anilines is 1. The van der Waals surface area contributed by atoms with E-state index in [9.17, 15) is 18.0 Å². The van der Waals surface area contributed by atoms with E-state index >= 15 is 0 Å². The Labute approximate surface area is 130 Å². The topological polar surface area (TPSA) is 83.6 Å². The van der Waals surface area contributed by atoms with Crippen molar-refractivity contribution < 1.29 is 18.0 Å². The molecule has 0 unspecified atom stereocenters. The summed E-state index contributed by atoms with van der Waals surface area (Å²) in [6, 6.07) is 6.51. The number of hydrogen-bond donors (Lipinski definition) is 1. The molecule has 0 atom stereocenters. The highest BCUT2D eigenvalue weighted by atomic mass is 32.2. The summed E-state index contributed by atoms with van der Waals surface area (Å²) < 4.78 is 24.2. The third kappa shape index (κ3) is 5.79. The van der Waals surface area contributed by atoms with Gasteiger partial charge in [-0.15, -0.1) is 6.58 Å². The van der Waals surface area contributed by atoms with Gasteiger partial charge in [-0.05, 0) is 31.2 Å². The maximum absolute atomic E-state index is 11.8. The predicted octanol–water partition coefficient (Wildman–Crippen LogP) is 1.67. The van der Waals surface area contributed by atoms with Crippen LogP contribution in [0.15, 0.2) is 36.9 Å². The summed E-state index contributed by atoms with van der Waals surface area (Å²) >= 11 is 0. The van der Waals surface area contributed by atoms with Gasteiger partial charge in [-0.2, -0.15) is 4.31 Å². The predicted molar refractivity (Wildman–Crippen MR) is 86.3 cm³/mol. The minimum atomic E-state index is -3.37. The molecule has 7 heteroatoms. The van der Waals surface area contributed by atoms with E-state index in [-0.39, 0.29) is 31.2 Å². The minimum absolute atomic E-state index is 0.0371. The Morgan fingerprint density at radius 3 is 2.32 bits per heavy atom. The number of nitrogens with one attached hydrogen (secondary N) is 1. The fourth-order valence-corrected chi connectivity index (χ4v) is 2.57. The molecule has 6 nitrogen and oxygen atoms in total. The Hall–Kier alpha value is -1.99. The van der Waals surface area contributed by atoms with Crippen LogP contribution in [0, 0.1) is 0 Å². The highest BCUT2D eigenvalue weighted by Crippen LogP contribution is 2.10. The molecule has 0 fully saturated rings. The van der Waals surface area contributed by atoms with Gasteiger partial charge in [0.25, 0.3) is 0 Å². The lowest BCUT2D eigenvalue weighted by Gasteiger charge is -2.17. The Bertz CT molecular complexity index is 651. The Kier molecular flexibility index (Phi) is 6.45. The minimum Gasteiger partial charge on any atom is -0.326 e.